The van der Waals surface area contributed by atoms with Crippen molar-refractivity contribution in [1.29, 1.82) is 0 Å². The highest BCUT2D eigenvalue weighted by molar-refractivity contribution is 7.98. The second-order valence-electron chi connectivity index (χ2n) is 7.05. The summed E-state index contributed by atoms with van der Waals surface area (Å²) in [4.78, 5) is 12.4. The molecular formula is C20H24Cl2N2O4S2. The second kappa shape index (κ2) is 10.9. The summed E-state index contributed by atoms with van der Waals surface area (Å²) in [5.41, 5.74) is 0.410. The van der Waals surface area contributed by atoms with Crippen LogP contribution in [0.4, 0.5) is 0 Å². The van der Waals surface area contributed by atoms with Crippen molar-refractivity contribution in [3.05, 3.63) is 58.0 Å². The van der Waals surface area contributed by atoms with Gasteiger partial charge in [-0.15, -0.1) is 0 Å². The van der Waals surface area contributed by atoms with E-state index < -0.39 is 10.0 Å². The van der Waals surface area contributed by atoms with Crippen LogP contribution in [0.5, 0.6) is 0 Å². The molecule has 1 amide bonds. The number of nitrogens with zero attached hydrogens (tertiary/aromatic N) is 1. The smallest absolute Gasteiger partial charge is 0.223 e. The number of carbonyl (C=O) groups excluding carboxylic acids is 1. The van der Waals surface area contributed by atoms with Crippen molar-refractivity contribution in [3.63, 3.8) is 0 Å². The molecule has 1 fully saturated rings. The third kappa shape index (κ3) is 6.40. The minimum Gasteiger partial charge on any atom is -0.468 e. The van der Waals surface area contributed by atoms with Gasteiger partial charge >= 0.3 is 0 Å². The van der Waals surface area contributed by atoms with E-state index in [9.17, 15) is 13.2 Å². The molecule has 0 spiro atoms. The van der Waals surface area contributed by atoms with Gasteiger partial charge in [-0.3, -0.25) is 4.79 Å². The Morgan fingerprint density at radius 1 is 1.17 bits per heavy atom. The van der Waals surface area contributed by atoms with E-state index in [0.29, 0.717) is 48.1 Å². The number of hydrogen-bond acceptors (Lipinski definition) is 5. The maximum absolute atomic E-state index is 12.8. The Morgan fingerprint density at radius 3 is 2.50 bits per heavy atom. The van der Waals surface area contributed by atoms with Crippen LogP contribution in [0, 0.1) is 5.92 Å². The number of amides is 1. The molecule has 0 saturated carbocycles. The minimum absolute atomic E-state index is 0.0141. The molecule has 0 radical (unpaired) electrons. The van der Waals surface area contributed by atoms with Gasteiger partial charge in [0.05, 0.1) is 17.8 Å². The zero-order chi connectivity index (χ0) is 21.6. The molecule has 6 nitrogen and oxygen atoms in total. The van der Waals surface area contributed by atoms with Gasteiger partial charge in [0.15, 0.2) is 0 Å². The number of sulfonamides is 1. The molecule has 1 aliphatic heterocycles. The first-order chi connectivity index (χ1) is 14.4. The number of carbonyl (C=O) groups is 1. The van der Waals surface area contributed by atoms with Crippen LogP contribution in [0.25, 0.3) is 0 Å². The van der Waals surface area contributed by atoms with E-state index in [1.807, 2.05) is 12.1 Å². The largest absolute Gasteiger partial charge is 0.468 e. The van der Waals surface area contributed by atoms with Gasteiger partial charge in [-0.05, 0) is 37.1 Å². The van der Waals surface area contributed by atoms with Gasteiger partial charge in [-0.25, -0.2) is 12.7 Å². The number of thioether (sulfide) groups is 1. The highest BCUT2D eigenvalue weighted by Gasteiger charge is 2.31. The molecule has 2 aromatic rings. The Bertz CT molecular complexity index is 923. The molecule has 10 heteroatoms. The second-order valence-corrected chi connectivity index (χ2v) is 10.9. The molecule has 0 unspecified atom stereocenters. The molecule has 164 valence electrons. The zero-order valence-electron chi connectivity index (χ0n) is 16.4. The van der Waals surface area contributed by atoms with Crippen LogP contribution >= 0.6 is 35.0 Å². The fourth-order valence-electron chi connectivity index (χ4n) is 3.30. The molecule has 1 N–H and O–H groups in total. The fourth-order valence-corrected chi connectivity index (χ4v) is 6.37. The normalized spacial score (nSPS) is 15.9. The first kappa shape index (κ1) is 23.5. The maximum Gasteiger partial charge on any atom is 0.223 e. The Kier molecular flexibility index (Phi) is 8.53. The van der Waals surface area contributed by atoms with Crippen molar-refractivity contribution in [2.45, 2.75) is 24.3 Å². The van der Waals surface area contributed by atoms with Crippen molar-refractivity contribution in [1.82, 2.24) is 9.62 Å². The highest BCUT2D eigenvalue weighted by Crippen LogP contribution is 2.29. The standard InChI is InChI=1S/C20H24Cl2N2O4S2/c21-18-4-1-5-19(22)17(18)14-30(26,27)24-9-6-15(7-10-24)20(25)23-8-12-29-13-16-3-2-11-28-16/h1-5,11,15H,6-10,12-14H2,(H,23,25). The Hall–Kier alpha value is -1.19. The summed E-state index contributed by atoms with van der Waals surface area (Å²) in [6, 6.07) is 8.71. The summed E-state index contributed by atoms with van der Waals surface area (Å²) >= 11 is 13.9. The van der Waals surface area contributed by atoms with E-state index in [-0.39, 0.29) is 17.6 Å². The number of hydrogen-bond donors (Lipinski definition) is 1. The van der Waals surface area contributed by atoms with Gasteiger partial charge in [-0.2, -0.15) is 11.8 Å². The van der Waals surface area contributed by atoms with Crippen LogP contribution in [0.2, 0.25) is 10.0 Å². The monoisotopic (exact) mass is 490 g/mol. The number of halogens is 2. The zero-order valence-corrected chi connectivity index (χ0v) is 19.5. The van der Waals surface area contributed by atoms with Crippen molar-refractivity contribution in [2.24, 2.45) is 5.92 Å². The molecule has 0 atom stereocenters. The van der Waals surface area contributed by atoms with E-state index in [4.69, 9.17) is 27.6 Å². The van der Waals surface area contributed by atoms with E-state index in [2.05, 4.69) is 5.32 Å². The number of furan rings is 1. The number of nitrogens with one attached hydrogen (secondary N) is 1. The predicted molar refractivity (Wildman–Crippen MR) is 121 cm³/mol. The van der Waals surface area contributed by atoms with E-state index in [0.717, 1.165) is 17.3 Å². The lowest BCUT2D eigenvalue weighted by molar-refractivity contribution is -0.125. The quantitative estimate of drug-likeness (QED) is 0.533. The maximum atomic E-state index is 12.8. The summed E-state index contributed by atoms with van der Waals surface area (Å²) < 4.78 is 32.2. The van der Waals surface area contributed by atoms with Gasteiger partial charge < -0.3 is 9.73 Å². The van der Waals surface area contributed by atoms with Crippen LogP contribution in [0.1, 0.15) is 24.2 Å². The third-order valence-electron chi connectivity index (χ3n) is 4.98. The molecule has 1 aliphatic rings. The molecule has 30 heavy (non-hydrogen) atoms. The lowest BCUT2D eigenvalue weighted by atomic mass is 9.97. The summed E-state index contributed by atoms with van der Waals surface area (Å²) in [6.07, 6.45) is 2.65. The lowest BCUT2D eigenvalue weighted by Crippen LogP contribution is -2.43. The first-order valence-electron chi connectivity index (χ1n) is 9.65. The highest BCUT2D eigenvalue weighted by atomic mass is 35.5. The first-order valence-corrected chi connectivity index (χ1v) is 13.2. The average molecular weight is 491 g/mol. The van der Waals surface area contributed by atoms with E-state index in [1.54, 1.807) is 36.2 Å². The van der Waals surface area contributed by atoms with Gasteiger partial charge in [-0.1, -0.05) is 29.3 Å². The molecule has 1 aromatic heterocycles. The van der Waals surface area contributed by atoms with Gasteiger partial charge in [0.2, 0.25) is 15.9 Å². The molecule has 0 aliphatic carbocycles. The minimum atomic E-state index is -3.56. The number of benzene rings is 1. The molecule has 1 aromatic carbocycles. The average Bonchev–Trinajstić information content (AvgIpc) is 3.24. The van der Waals surface area contributed by atoms with Crippen molar-refractivity contribution < 1.29 is 17.6 Å². The van der Waals surface area contributed by atoms with E-state index in [1.165, 1.54) is 4.31 Å². The lowest BCUT2D eigenvalue weighted by Gasteiger charge is -2.30. The molecule has 0 bridgehead atoms. The Labute approximate surface area is 191 Å². The SMILES string of the molecule is O=C(NCCSCc1ccco1)C1CCN(S(=O)(=O)Cc2c(Cl)cccc2Cl)CC1. The van der Waals surface area contributed by atoms with Crippen LogP contribution in [0.15, 0.2) is 41.0 Å². The molecule has 1 saturated heterocycles. The molecule has 2 heterocycles. The Balaban J connectivity index is 1.41. The van der Waals surface area contributed by atoms with Crippen LogP contribution in [-0.2, 0) is 26.3 Å². The Morgan fingerprint density at radius 2 is 1.87 bits per heavy atom. The topological polar surface area (TPSA) is 79.6 Å². The van der Waals surface area contributed by atoms with Crippen molar-refractivity contribution in [2.75, 3.05) is 25.4 Å². The summed E-state index contributed by atoms with van der Waals surface area (Å²) in [7, 11) is -3.56. The molecular weight excluding hydrogens is 467 g/mol. The number of piperidine rings is 1. The summed E-state index contributed by atoms with van der Waals surface area (Å²) in [6.45, 7) is 1.21. The fraction of sp³-hybridized carbons (Fsp3) is 0.450. The van der Waals surface area contributed by atoms with Crippen LogP contribution in [0.3, 0.4) is 0 Å². The van der Waals surface area contributed by atoms with Crippen LogP contribution < -0.4 is 5.32 Å². The number of rotatable bonds is 9. The van der Waals surface area contributed by atoms with Gasteiger partial charge in [0, 0.05) is 46.9 Å². The van der Waals surface area contributed by atoms with Crippen molar-refractivity contribution >= 4 is 50.9 Å². The predicted octanol–water partition coefficient (Wildman–Crippen LogP) is 4.18. The van der Waals surface area contributed by atoms with Gasteiger partial charge in [0.1, 0.15) is 5.76 Å². The summed E-state index contributed by atoms with van der Waals surface area (Å²) in [5.74, 6) is 2.05. The van der Waals surface area contributed by atoms with E-state index >= 15 is 0 Å². The van der Waals surface area contributed by atoms with Crippen LogP contribution in [-0.4, -0.2) is 44.0 Å². The van der Waals surface area contributed by atoms with Crippen molar-refractivity contribution in [3.8, 4) is 0 Å². The molecule has 3 rings (SSSR count). The summed E-state index contributed by atoms with van der Waals surface area (Å²) in [5, 5.41) is 3.62. The third-order valence-corrected chi connectivity index (χ3v) is 8.47. The van der Waals surface area contributed by atoms with Gasteiger partial charge in [0.25, 0.3) is 0 Å².